The predicted octanol–water partition coefficient (Wildman–Crippen LogP) is 2.08. The highest BCUT2D eigenvalue weighted by molar-refractivity contribution is 7.89. The minimum Gasteiger partial charge on any atom is -0.495 e. The molecule has 2 fully saturated rings. The van der Waals surface area contributed by atoms with E-state index >= 15 is 0 Å². The molecule has 2 saturated heterocycles. The Balaban J connectivity index is 1.62. The van der Waals surface area contributed by atoms with Gasteiger partial charge in [0.05, 0.1) is 32.4 Å². The molecule has 176 valence electrons. The number of carbonyl (C=O) groups is 2. The Bertz CT molecular complexity index is 1170. The second-order valence-corrected chi connectivity index (χ2v) is 10.00. The average Bonchev–Trinajstić information content (AvgIpc) is 3.07. The van der Waals surface area contributed by atoms with E-state index in [4.69, 9.17) is 9.47 Å². The van der Waals surface area contributed by atoms with Gasteiger partial charge in [-0.2, -0.15) is 4.31 Å². The molecule has 2 heterocycles. The smallest absolute Gasteiger partial charge is 0.256 e. The van der Waals surface area contributed by atoms with E-state index in [-0.39, 0.29) is 42.0 Å². The molecule has 10 heteroatoms. The molecule has 2 amide bonds. The van der Waals surface area contributed by atoms with Crippen LogP contribution in [0.5, 0.6) is 5.75 Å². The summed E-state index contributed by atoms with van der Waals surface area (Å²) in [4.78, 5) is 27.1. The van der Waals surface area contributed by atoms with Crippen molar-refractivity contribution in [2.24, 2.45) is 0 Å². The second kappa shape index (κ2) is 9.12. The Morgan fingerprint density at radius 2 is 1.73 bits per heavy atom. The lowest BCUT2D eigenvalue weighted by molar-refractivity contribution is -0.121. The zero-order valence-corrected chi connectivity index (χ0v) is 19.6. The molecule has 1 atom stereocenters. The lowest BCUT2D eigenvalue weighted by atomic mass is 10.1. The highest BCUT2D eigenvalue weighted by Gasteiger charge is 2.41. The summed E-state index contributed by atoms with van der Waals surface area (Å²) < 4.78 is 38.3. The van der Waals surface area contributed by atoms with Crippen LogP contribution in [0.15, 0.2) is 41.3 Å². The van der Waals surface area contributed by atoms with E-state index in [9.17, 15) is 18.0 Å². The third kappa shape index (κ3) is 4.33. The molecule has 2 aliphatic heterocycles. The van der Waals surface area contributed by atoms with Gasteiger partial charge in [0.15, 0.2) is 0 Å². The van der Waals surface area contributed by atoms with Gasteiger partial charge in [-0.3, -0.25) is 9.59 Å². The standard InChI is InChI=1S/C23H27N3O6S/c1-15-5-4-6-16(2)22(15)26-21(27)14-18(23(26)28)24-17-7-8-19(31-3)20(13-17)33(29,30)25-9-11-32-12-10-25/h4-8,13,18,24H,9-12,14H2,1-3H3. The van der Waals surface area contributed by atoms with Crippen LogP contribution in [0.3, 0.4) is 0 Å². The molecule has 0 radical (unpaired) electrons. The van der Waals surface area contributed by atoms with Crippen LogP contribution in [0.4, 0.5) is 11.4 Å². The maximum atomic E-state index is 13.2. The highest BCUT2D eigenvalue weighted by atomic mass is 32.2. The first-order valence-corrected chi connectivity index (χ1v) is 12.1. The molecule has 2 aromatic rings. The van der Waals surface area contributed by atoms with Crippen molar-refractivity contribution < 1.29 is 27.5 Å². The first kappa shape index (κ1) is 23.2. The number of hydrogen-bond donors (Lipinski definition) is 1. The molecule has 0 saturated carbocycles. The fourth-order valence-corrected chi connectivity index (χ4v) is 5.82. The Morgan fingerprint density at radius 1 is 1.06 bits per heavy atom. The molecule has 33 heavy (non-hydrogen) atoms. The molecule has 2 aromatic carbocycles. The number of methoxy groups -OCH3 is 1. The van der Waals surface area contributed by atoms with Crippen LogP contribution in [0.25, 0.3) is 0 Å². The van der Waals surface area contributed by atoms with Gasteiger partial charge in [-0.05, 0) is 43.2 Å². The fourth-order valence-electron chi connectivity index (χ4n) is 4.23. The minimum absolute atomic E-state index is 0.000256. The van der Waals surface area contributed by atoms with Gasteiger partial charge in [0.2, 0.25) is 15.9 Å². The molecule has 9 nitrogen and oxygen atoms in total. The molecular formula is C23H27N3O6S. The van der Waals surface area contributed by atoms with Crippen LogP contribution in [-0.4, -0.2) is 64.0 Å². The summed E-state index contributed by atoms with van der Waals surface area (Å²) in [5.74, 6) is -0.464. The van der Waals surface area contributed by atoms with Crippen molar-refractivity contribution in [1.29, 1.82) is 0 Å². The zero-order valence-electron chi connectivity index (χ0n) is 18.8. The van der Waals surface area contributed by atoms with Crippen molar-refractivity contribution in [2.45, 2.75) is 31.2 Å². The number of imide groups is 1. The van der Waals surface area contributed by atoms with Crippen LogP contribution < -0.4 is 15.0 Å². The number of carbonyl (C=O) groups excluding carboxylic acids is 2. The topological polar surface area (TPSA) is 105 Å². The first-order valence-electron chi connectivity index (χ1n) is 10.7. The van der Waals surface area contributed by atoms with Gasteiger partial charge < -0.3 is 14.8 Å². The van der Waals surface area contributed by atoms with Gasteiger partial charge in [-0.15, -0.1) is 0 Å². The van der Waals surface area contributed by atoms with Gasteiger partial charge in [0, 0.05) is 18.8 Å². The normalized spacial score (nSPS) is 19.7. The molecule has 1 unspecified atom stereocenters. The molecule has 0 spiro atoms. The van der Waals surface area contributed by atoms with Gasteiger partial charge in [-0.25, -0.2) is 13.3 Å². The highest BCUT2D eigenvalue weighted by Crippen LogP contribution is 2.33. The van der Waals surface area contributed by atoms with Gasteiger partial charge in [0.1, 0.15) is 16.7 Å². The van der Waals surface area contributed by atoms with Crippen LogP contribution in [0.2, 0.25) is 0 Å². The van der Waals surface area contributed by atoms with Crippen molar-refractivity contribution in [2.75, 3.05) is 43.6 Å². The Labute approximate surface area is 193 Å². The number of morpholine rings is 1. The summed E-state index contributed by atoms with van der Waals surface area (Å²) in [5.41, 5.74) is 2.68. The molecule has 0 aromatic heterocycles. The largest absolute Gasteiger partial charge is 0.495 e. The number of anilines is 2. The molecule has 4 rings (SSSR count). The summed E-state index contributed by atoms with van der Waals surface area (Å²) in [6.45, 7) is 4.87. The van der Waals surface area contributed by atoms with E-state index in [0.717, 1.165) is 11.1 Å². The first-order chi connectivity index (χ1) is 15.7. The number of amides is 2. The predicted molar refractivity (Wildman–Crippen MR) is 123 cm³/mol. The summed E-state index contributed by atoms with van der Waals surface area (Å²) >= 11 is 0. The minimum atomic E-state index is -3.82. The second-order valence-electron chi connectivity index (χ2n) is 8.09. The van der Waals surface area contributed by atoms with Crippen LogP contribution >= 0.6 is 0 Å². The van der Waals surface area contributed by atoms with E-state index in [2.05, 4.69) is 5.32 Å². The van der Waals surface area contributed by atoms with E-state index in [1.807, 2.05) is 32.0 Å². The van der Waals surface area contributed by atoms with Crippen molar-refractivity contribution in [3.63, 3.8) is 0 Å². The van der Waals surface area contributed by atoms with Crippen molar-refractivity contribution >= 4 is 33.2 Å². The number of para-hydroxylation sites is 1. The molecule has 1 N–H and O–H groups in total. The number of ether oxygens (including phenoxy) is 2. The fraction of sp³-hybridized carbons (Fsp3) is 0.391. The number of sulfonamides is 1. The van der Waals surface area contributed by atoms with Crippen molar-refractivity contribution in [3.8, 4) is 5.75 Å². The van der Waals surface area contributed by atoms with E-state index in [1.54, 1.807) is 12.1 Å². The lowest BCUT2D eigenvalue weighted by Gasteiger charge is -2.27. The van der Waals surface area contributed by atoms with Gasteiger partial charge in [0.25, 0.3) is 5.91 Å². The number of nitrogens with one attached hydrogen (secondary N) is 1. The maximum Gasteiger partial charge on any atom is 0.256 e. The number of benzene rings is 2. The molecule has 0 bridgehead atoms. The third-order valence-corrected chi connectivity index (χ3v) is 7.82. The number of nitrogens with zero attached hydrogens (tertiary/aromatic N) is 2. The molecule has 0 aliphatic carbocycles. The summed E-state index contributed by atoms with van der Waals surface area (Å²) in [6, 6.07) is 9.41. The molecular weight excluding hydrogens is 446 g/mol. The van der Waals surface area contributed by atoms with Crippen molar-refractivity contribution in [1.82, 2.24) is 4.31 Å². The number of aryl methyl sites for hydroxylation is 2. The summed E-state index contributed by atoms with van der Waals surface area (Å²) in [5, 5.41) is 3.05. The number of hydrogen-bond acceptors (Lipinski definition) is 7. The van der Waals surface area contributed by atoms with Crippen molar-refractivity contribution in [3.05, 3.63) is 47.5 Å². The van der Waals surface area contributed by atoms with Crippen LogP contribution in [0, 0.1) is 13.8 Å². The Hall–Kier alpha value is -2.95. The maximum absolute atomic E-state index is 13.2. The van der Waals surface area contributed by atoms with Crippen LogP contribution in [-0.2, 0) is 24.3 Å². The van der Waals surface area contributed by atoms with Gasteiger partial charge in [-0.1, -0.05) is 18.2 Å². The average molecular weight is 474 g/mol. The summed E-state index contributed by atoms with van der Waals surface area (Å²) in [6.07, 6.45) is -0.0236. The lowest BCUT2D eigenvalue weighted by Crippen LogP contribution is -2.40. The van der Waals surface area contributed by atoms with Gasteiger partial charge >= 0.3 is 0 Å². The SMILES string of the molecule is COc1ccc(NC2CC(=O)N(c3c(C)cccc3C)C2=O)cc1S(=O)(=O)N1CCOCC1. The van der Waals surface area contributed by atoms with Crippen LogP contribution in [0.1, 0.15) is 17.5 Å². The Morgan fingerprint density at radius 3 is 2.36 bits per heavy atom. The summed E-state index contributed by atoms with van der Waals surface area (Å²) in [7, 11) is -2.42. The zero-order chi connectivity index (χ0) is 23.8. The van der Waals surface area contributed by atoms with E-state index < -0.39 is 16.1 Å². The number of rotatable bonds is 6. The van der Waals surface area contributed by atoms with E-state index in [0.29, 0.717) is 24.6 Å². The Kier molecular flexibility index (Phi) is 6.42. The van der Waals surface area contributed by atoms with E-state index in [1.165, 1.54) is 22.4 Å². The molecule has 2 aliphatic rings. The third-order valence-electron chi connectivity index (χ3n) is 5.90. The quantitative estimate of drug-likeness (QED) is 0.641. The monoisotopic (exact) mass is 473 g/mol.